The van der Waals surface area contributed by atoms with Crippen molar-refractivity contribution < 1.29 is 28.4 Å². The number of rotatable bonds is 13. The van der Waals surface area contributed by atoms with Crippen LogP contribution in [0, 0.1) is 29.6 Å². The molecule has 5 rings (SSSR count). The molecule has 0 radical (unpaired) electrons. The second kappa shape index (κ2) is 13.3. The molecule has 6 heteroatoms. The van der Waals surface area contributed by atoms with E-state index in [1.54, 1.807) is 0 Å². The molecule has 7 atom stereocenters. The van der Waals surface area contributed by atoms with Gasteiger partial charge in [0.2, 0.25) is 0 Å². The molecule has 196 valence electrons. The first kappa shape index (κ1) is 25.4. The highest BCUT2D eigenvalue weighted by molar-refractivity contribution is 4.85. The van der Waals surface area contributed by atoms with E-state index in [0.717, 1.165) is 71.3 Å². The third kappa shape index (κ3) is 9.01. The lowest BCUT2D eigenvalue weighted by Crippen LogP contribution is -2.35. The molecule has 3 aliphatic heterocycles. The molecule has 7 unspecified atom stereocenters. The minimum Gasteiger partial charge on any atom is -0.378 e. The van der Waals surface area contributed by atoms with Crippen molar-refractivity contribution in [2.24, 2.45) is 29.6 Å². The van der Waals surface area contributed by atoms with Crippen LogP contribution in [0.15, 0.2) is 0 Å². The minimum absolute atomic E-state index is 0.339. The van der Waals surface area contributed by atoms with Gasteiger partial charge >= 0.3 is 0 Å². The van der Waals surface area contributed by atoms with Crippen LogP contribution in [0.1, 0.15) is 70.6 Å². The SMILES string of the molecule is C1CCCC(C2CCC(COCC3CO3)CC(COCC3CO3)CC2COCC2CO2)CCC1. The zero-order chi connectivity index (χ0) is 23.0. The predicted molar refractivity (Wildman–Crippen MR) is 130 cm³/mol. The average Bonchev–Trinajstić information content (AvgIpc) is 3.65. The van der Waals surface area contributed by atoms with Crippen LogP contribution in [0.25, 0.3) is 0 Å². The van der Waals surface area contributed by atoms with Crippen LogP contribution < -0.4 is 0 Å². The summed E-state index contributed by atoms with van der Waals surface area (Å²) in [4.78, 5) is 0. The van der Waals surface area contributed by atoms with Gasteiger partial charge in [-0.25, -0.2) is 0 Å². The highest BCUT2D eigenvalue weighted by Gasteiger charge is 2.36. The van der Waals surface area contributed by atoms with Gasteiger partial charge in [-0.3, -0.25) is 0 Å². The first-order valence-electron chi connectivity index (χ1n) is 14.4. The van der Waals surface area contributed by atoms with Gasteiger partial charge in [0.15, 0.2) is 0 Å². The fraction of sp³-hybridized carbons (Fsp3) is 1.00. The summed E-state index contributed by atoms with van der Waals surface area (Å²) < 4.78 is 34.7. The van der Waals surface area contributed by atoms with Crippen LogP contribution in [0.3, 0.4) is 0 Å². The molecular formula is C28H48O6. The van der Waals surface area contributed by atoms with Crippen molar-refractivity contribution in [1.29, 1.82) is 0 Å². The van der Waals surface area contributed by atoms with E-state index in [4.69, 9.17) is 28.4 Å². The van der Waals surface area contributed by atoms with E-state index in [1.807, 2.05) is 0 Å². The molecule has 6 nitrogen and oxygen atoms in total. The normalized spacial score (nSPS) is 39.0. The molecule has 5 fully saturated rings. The molecule has 34 heavy (non-hydrogen) atoms. The van der Waals surface area contributed by atoms with Gasteiger partial charge in [0.25, 0.3) is 0 Å². The monoisotopic (exact) mass is 480 g/mol. The van der Waals surface area contributed by atoms with E-state index in [-0.39, 0.29) is 0 Å². The van der Waals surface area contributed by atoms with Gasteiger partial charge in [0.05, 0.1) is 39.6 Å². The molecule has 0 N–H and O–H groups in total. The van der Waals surface area contributed by atoms with Crippen molar-refractivity contribution >= 4 is 0 Å². The maximum Gasteiger partial charge on any atom is 0.104 e. The molecule has 0 aromatic carbocycles. The lowest BCUT2D eigenvalue weighted by atomic mass is 9.67. The molecule has 2 aliphatic carbocycles. The second-order valence-corrected chi connectivity index (χ2v) is 11.8. The molecule has 0 aromatic heterocycles. The minimum atomic E-state index is 0.339. The van der Waals surface area contributed by atoms with E-state index in [2.05, 4.69) is 0 Å². The maximum absolute atomic E-state index is 6.27. The number of ether oxygens (including phenoxy) is 6. The summed E-state index contributed by atoms with van der Waals surface area (Å²) in [5.74, 6) is 3.46. The maximum atomic E-state index is 6.27. The van der Waals surface area contributed by atoms with Crippen molar-refractivity contribution in [2.75, 3.05) is 59.5 Å². The highest BCUT2D eigenvalue weighted by atomic mass is 16.6. The first-order chi connectivity index (χ1) is 16.8. The van der Waals surface area contributed by atoms with Gasteiger partial charge < -0.3 is 28.4 Å². The van der Waals surface area contributed by atoms with E-state index in [0.29, 0.717) is 36.1 Å². The Morgan fingerprint density at radius 1 is 0.500 bits per heavy atom. The molecule has 0 spiro atoms. The summed E-state index contributed by atoms with van der Waals surface area (Å²) >= 11 is 0. The summed E-state index contributed by atoms with van der Waals surface area (Å²) in [6.07, 6.45) is 16.0. The molecule has 2 saturated carbocycles. The third-order valence-electron chi connectivity index (χ3n) is 8.73. The zero-order valence-corrected chi connectivity index (χ0v) is 21.2. The largest absolute Gasteiger partial charge is 0.378 e. The fourth-order valence-electron chi connectivity index (χ4n) is 6.54. The van der Waals surface area contributed by atoms with Crippen LogP contribution >= 0.6 is 0 Å². The molecule has 3 heterocycles. The Morgan fingerprint density at radius 3 is 1.62 bits per heavy atom. The summed E-state index contributed by atoms with van der Waals surface area (Å²) in [5.41, 5.74) is 0. The zero-order valence-electron chi connectivity index (χ0n) is 21.2. The van der Waals surface area contributed by atoms with Gasteiger partial charge in [0.1, 0.15) is 18.3 Å². The van der Waals surface area contributed by atoms with Crippen LogP contribution in [0.2, 0.25) is 0 Å². The summed E-state index contributed by atoms with van der Waals surface area (Å²) in [7, 11) is 0. The van der Waals surface area contributed by atoms with Crippen LogP contribution in [-0.4, -0.2) is 77.8 Å². The Labute approximate surface area is 206 Å². The molecule has 0 amide bonds. The van der Waals surface area contributed by atoms with E-state index < -0.39 is 0 Å². The number of hydrogen-bond acceptors (Lipinski definition) is 6. The quantitative estimate of drug-likeness (QED) is 0.358. The Kier molecular flexibility index (Phi) is 9.97. The fourth-order valence-corrected chi connectivity index (χ4v) is 6.54. The predicted octanol–water partition coefficient (Wildman–Crippen LogP) is 4.63. The van der Waals surface area contributed by atoms with Gasteiger partial charge in [-0.05, 0) is 55.3 Å². The first-order valence-corrected chi connectivity index (χ1v) is 14.4. The number of epoxide rings is 3. The van der Waals surface area contributed by atoms with Crippen molar-refractivity contribution in [3.05, 3.63) is 0 Å². The molecule has 0 aromatic rings. The molecular weight excluding hydrogens is 432 g/mol. The van der Waals surface area contributed by atoms with Crippen molar-refractivity contribution in [3.63, 3.8) is 0 Å². The van der Waals surface area contributed by atoms with Crippen LogP contribution in [-0.2, 0) is 28.4 Å². The van der Waals surface area contributed by atoms with Crippen molar-refractivity contribution in [2.45, 2.75) is 88.9 Å². The Hall–Kier alpha value is -0.240. The summed E-state index contributed by atoms with van der Waals surface area (Å²) in [6, 6.07) is 0. The van der Waals surface area contributed by atoms with Crippen LogP contribution in [0.4, 0.5) is 0 Å². The van der Waals surface area contributed by atoms with E-state index in [1.165, 1.54) is 70.6 Å². The number of hydrogen-bond donors (Lipinski definition) is 0. The van der Waals surface area contributed by atoms with E-state index in [9.17, 15) is 0 Å². The van der Waals surface area contributed by atoms with Gasteiger partial charge in [-0.2, -0.15) is 0 Å². The van der Waals surface area contributed by atoms with Crippen molar-refractivity contribution in [1.82, 2.24) is 0 Å². The molecule has 0 bridgehead atoms. The Morgan fingerprint density at radius 2 is 1.03 bits per heavy atom. The standard InChI is InChI=1S/C28H48O6/c1-2-4-6-23(7-5-3-1)28-9-8-21(12-29-15-25-18-32-25)10-22(13-30-16-26-19-33-26)11-24(28)14-31-17-27-20-34-27/h21-28H,1-20H2. The third-order valence-corrected chi connectivity index (χ3v) is 8.73. The van der Waals surface area contributed by atoms with Gasteiger partial charge in [-0.15, -0.1) is 0 Å². The smallest absolute Gasteiger partial charge is 0.104 e. The van der Waals surface area contributed by atoms with E-state index >= 15 is 0 Å². The lowest BCUT2D eigenvalue weighted by molar-refractivity contribution is -0.00711. The van der Waals surface area contributed by atoms with Gasteiger partial charge in [0, 0.05) is 19.8 Å². The molecule has 5 aliphatic rings. The lowest BCUT2D eigenvalue weighted by Gasteiger charge is -2.40. The topological polar surface area (TPSA) is 65.3 Å². The highest BCUT2D eigenvalue weighted by Crippen LogP contribution is 2.42. The van der Waals surface area contributed by atoms with Gasteiger partial charge in [-0.1, -0.05) is 44.9 Å². The van der Waals surface area contributed by atoms with Crippen molar-refractivity contribution in [3.8, 4) is 0 Å². The summed E-state index contributed by atoms with van der Waals surface area (Å²) in [5, 5.41) is 0. The Bertz CT molecular complexity index is 567. The summed E-state index contributed by atoms with van der Waals surface area (Å²) in [6.45, 7) is 7.53. The van der Waals surface area contributed by atoms with Crippen LogP contribution in [0.5, 0.6) is 0 Å². The average molecular weight is 481 g/mol. The second-order valence-electron chi connectivity index (χ2n) is 11.8. The molecule has 3 saturated heterocycles. The Balaban J connectivity index is 1.22.